The van der Waals surface area contributed by atoms with Crippen LogP contribution in [0.3, 0.4) is 0 Å². The van der Waals surface area contributed by atoms with Gasteiger partial charge in [0.15, 0.2) is 0 Å². The number of non-ortho nitro benzene ring substituents is 1. The van der Waals surface area contributed by atoms with E-state index in [4.69, 9.17) is 0 Å². The molecule has 0 bridgehead atoms. The first-order chi connectivity index (χ1) is 15.1. The summed E-state index contributed by atoms with van der Waals surface area (Å²) in [6.45, 7) is 0.802. The monoisotopic (exact) mass is 411 g/mol. The maximum absolute atomic E-state index is 11.9. The van der Waals surface area contributed by atoms with Gasteiger partial charge in [-0.3, -0.25) is 14.9 Å². The summed E-state index contributed by atoms with van der Waals surface area (Å²) in [5.74, 6) is 6.43. The van der Waals surface area contributed by atoms with Gasteiger partial charge < -0.3 is 10.2 Å². The lowest BCUT2D eigenvalue weighted by Crippen LogP contribution is -2.34. The van der Waals surface area contributed by atoms with Gasteiger partial charge in [0.1, 0.15) is 6.04 Å². The molecule has 1 heterocycles. The molecule has 1 aliphatic rings. The van der Waals surface area contributed by atoms with Crippen molar-refractivity contribution >= 4 is 17.3 Å². The van der Waals surface area contributed by atoms with Crippen LogP contribution in [-0.2, 0) is 6.42 Å². The summed E-state index contributed by atoms with van der Waals surface area (Å²) < 4.78 is 0. The first kappa shape index (κ1) is 20.2. The molecule has 31 heavy (non-hydrogen) atoms. The van der Waals surface area contributed by atoms with Crippen molar-refractivity contribution < 1.29 is 9.72 Å². The van der Waals surface area contributed by atoms with Crippen LogP contribution in [0, 0.1) is 22.0 Å². The van der Waals surface area contributed by atoms with E-state index >= 15 is 0 Å². The lowest BCUT2D eigenvalue weighted by atomic mass is 9.92. The highest BCUT2D eigenvalue weighted by atomic mass is 16.6. The van der Waals surface area contributed by atoms with Gasteiger partial charge in [-0.1, -0.05) is 36.1 Å². The molecular formula is C25H21N3O3. The van der Waals surface area contributed by atoms with Gasteiger partial charge in [0.2, 0.25) is 0 Å². The molecule has 6 nitrogen and oxygen atoms in total. The molecule has 4 rings (SSSR count). The van der Waals surface area contributed by atoms with Gasteiger partial charge in [0.25, 0.3) is 11.6 Å². The summed E-state index contributed by atoms with van der Waals surface area (Å²) in [6, 6.07) is 21.9. The van der Waals surface area contributed by atoms with Crippen molar-refractivity contribution in [2.45, 2.75) is 12.5 Å². The van der Waals surface area contributed by atoms with Crippen LogP contribution < -0.4 is 10.2 Å². The molecule has 3 aromatic carbocycles. The Kier molecular flexibility index (Phi) is 5.67. The van der Waals surface area contributed by atoms with Crippen molar-refractivity contribution in [1.82, 2.24) is 5.32 Å². The fourth-order valence-electron chi connectivity index (χ4n) is 3.77. The first-order valence-corrected chi connectivity index (χ1v) is 9.99. The molecule has 1 atom stereocenters. The van der Waals surface area contributed by atoms with Crippen LogP contribution in [0.15, 0.2) is 72.8 Å². The van der Waals surface area contributed by atoms with E-state index in [1.807, 2.05) is 36.4 Å². The molecule has 1 amide bonds. The number of nitrogens with zero attached hydrogens (tertiary/aromatic N) is 2. The number of rotatable bonds is 3. The average molecular weight is 411 g/mol. The van der Waals surface area contributed by atoms with Crippen molar-refractivity contribution in [3.05, 3.63) is 105 Å². The number of nitro benzene ring substituents is 1. The van der Waals surface area contributed by atoms with Gasteiger partial charge in [0, 0.05) is 42.5 Å². The number of nitrogens with one attached hydrogen (secondary N) is 1. The summed E-state index contributed by atoms with van der Waals surface area (Å²) >= 11 is 0. The number of benzene rings is 3. The molecule has 1 N–H and O–H groups in total. The zero-order valence-corrected chi connectivity index (χ0v) is 17.0. The maximum atomic E-state index is 11.9. The Balaban J connectivity index is 1.69. The van der Waals surface area contributed by atoms with Crippen molar-refractivity contribution in [3.63, 3.8) is 0 Å². The zero-order chi connectivity index (χ0) is 21.8. The van der Waals surface area contributed by atoms with Gasteiger partial charge >= 0.3 is 0 Å². The zero-order valence-electron chi connectivity index (χ0n) is 17.0. The van der Waals surface area contributed by atoms with Crippen molar-refractivity contribution in [2.24, 2.45) is 0 Å². The minimum absolute atomic E-state index is 0.0476. The number of amides is 1. The second kappa shape index (κ2) is 8.72. The third kappa shape index (κ3) is 4.26. The largest absolute Gasteiger partial charge is 0.355 e. The highest BCUT2D eigenvalue weighted by Crippen LogP contribution is 2.33. The SMILES string of the molecule is CNC(=O)c1ccc(N2CCc3ccccc3C2C#Cc2ccc([N+](=O)[O-])cc2)cc1. The molecule has 0 spiro atoms. The summed E-state index contributed by atoms with van der Waals surface area (Å²) in [4.78, 5) is 24.6. The van der Waals surface area contributed by atoms with Crippen LogP contribution in [0.25, 0.3) is 0 Å². The predicted molar refractivity (Wildman–Crippen MR) is 120 cm³/mol. The van der Waals surface area contributed by atoms with E-state index in [0.717, 1.165) is 29.8 Å². The number of anilines is 1. The lowest BCUT2D eigenvalue weighted by molar-refractivity contribution is -0.384. The number of carbonyl (C=O) groups excluding carboxylic acids is 1. The molecule has 0 saturated carbocycles. The maximum Gasteiger partial charge on any atom is 0.269 e. The van der Waals surface area contributed by atoms with Crippen LogP contribution in [-0.4, -0.2) is 24.4 Å². The van der Waals surface area contributed by atoms with Gasteiger partial charge in [-0.25, -0.2) is 0 Å². The molecule has 0 fully saturated rings. The van der Waals surface area contributed by atoms with E-state index < -0.39 is 4.92 Å². The highest BCUT2D eigenvalue weighted by molar-refractivity contribution is 5.94. The quantitative estimate of drug-likeness (QED) is 0.400. The van der Waals surface area contributed by atoms with Crippen LogP contribution in [0.1, 0.15) is 33.1 Å². The van der Waals surface area contributed by atoms with E-state index in [0.29, 0.717) is 5.56 Å². The highest BCUT2D eigenvalue weighted by Gasteiger charge is 2.26. The second-order valence-electron chi connectivity index (χ2n) is 7.24. The molecule has 0 aromatic heterocycles. The Morgan fingerprint density at radius 2 is 1.77 bits per heavy atom. The van der Waals surface area contributed by atoms with E-state index in [9.17, 15) is 14.9 Å². The first-order valence-electron chi connectivity index (χ1n) is 9.99. The molecule has 0 saturated heterocycles. The van der Waals surface area contributed by atoms with Crippen molar-refractivity contribution in [1.29, 1.82) is 0 Å². The van der Waals surface area contributed by atoms with Crippen LogP contribution in [0.5, 0.6) is 0 Å². The van der Waals surface area contributed by atoms with Gasteiger partial charge in [-0.15, -0.1) is 0 Å². The minimum Gasteiger partial charge on any atom is -0.355 e. The fraction of sp³-hybridized carbons (Fsp3) is 0.160. The molecule has 1 unspecified atom stereocenters. The van der Waals surface area contributed by atoms with Crippen LogP contribution in [0.4, 0.5) is 11.4 Å². The number of carbonyl (C=O) groups is 1. The van der Waals surface area contributed by atoms with E-state index in [2.05, 4.69) is 34.2 Å². The molecule has 1 aliphatic heterocycles. The Hall–Kier alpha value is -4.11. The van der Waals surface area contributed by atoms with Crippen LogP contribution in [0.2, 0.25) is 0 Å². The molecule has 0 radical (unpaired) electrons. The van der Waals surface area contributed by atoms with Gasteiger partial charge in [0.05, 0.1) is 4.92 Å². The van der Waals surface area contributed by atoms with Gasteiger partial charge in [-0.2, -0.15) is 0 Å². The minimum atomic E-state index is -0.418. The number of hydrogen-bond acceptors (Lipinski definition) is 4. The Labute approximate surface area is 180 Å². The summed E-state index contributed by atoms with van der Waals surface area (Å²) in [5, 5.41) is 13.5. The molecule has 0 aliphatic carbocycles. The Morgan fingerprint density at radius 3 is 2.45 bits per heavy atom. The predicted octanol–water partition coefficient (Wildman–Crippen LogP) is 4.11. The molecular weight excluding hydrogens is 390 g/mol. The Morgan fingerprint density at radius 1 is 1.06 bits per heavy atom. The van der Waals surface area contributed by atoms with Crippen molar-refractivity contribution in [3.8, 4) is 11.8 Å². The second-order valence-corrected chi connectivity index (χ2v) is 7.24. The topological polar surface area (TPSA) is 75.5 Å². The number of hydrogen-bond donors (Lipinski definition) is 1. The summed E-state index contributed by atoms with van der Waals surface area (Å²) in [7, 11) is 1.61. The third-order valence-corrected chi connectivity index (χ3v) is 5.40. The van der Waals surface area contributed by atoms with Crippen molar-refractivity contribution in [2.75, 3.05) is 18.5 Å². The van der Waals surface area contributed by atoms with E-state index in [-0.39, 0.29) is 17.6 Å². The normalized spacial score (nSPS) is 14.7. The number of nitro groups is 1. The molecule has 6 heteroatoms. The molecule has 3 aromatic rings. The summed E-state index contributed by atoms with van der Waals surface area (Å²) in [6.07, 6.45) is 0.906. The standard InChI is InChI=1S/C25H21N3O3/c1-26-25(29)20-9-13-21(14-10-20)27-17-16-19-4-2-3-5-23(19)24(27)15-8-18-6-11-22(12-7-18)28(30)31/h2-7,9-14,24H,16-17H2,1H3,(H,26,29). The van der Waals surface area contributed by atoms with E-state index in [1.54, 1.807) is 19.2 Å². The average Bonchev–Trinajstić information content (AvgIpc) is 2.82. The van der Waals surface area contributed by atoms with Crippen LogP contribution >= 0.6 is 0 Å². The fourth-order valence-corrected chi connectivity index (χ4v) is 3.77. The summed E-state index contributed by atoms with van der Waals surface area (Å²) in [5.41, 5.74) is 4.79. The molecule has 154 valence electrons. The van der Waals surface area contributed by atoms with Gasteiger partial charge in [-0.05, 0) is 53.9 Å². The number of fused-ring (bicyclic) bond motifs is 1. The third-order valence-electron chi connectivity index (χ3n) is 5.40. The van der Waals surface area contributed by atoms with E-state index in [1.165, 1.54) is 17.7 Å². The smallest absolute Gasteiger partial charge is 0.269 e. The Bertz CT molecular complexity index is 1180. The lowest BCUT2D eigenvalue weighted by Gasteiger charge is -2.36.